The Labute approximate surface area is 137 Å². The highest BCUT2D eigenvalue weighted by Crippen LogP contribution is 2.28. The van der Waals surface area contributed by atoms with E-state index >= 15 is 0 Å². The predicted octanol–water partition coefficient (Wildman–Crippen LogP) is 4.74. The molecule has 3 nitrogen and oxygen atoms in total. The van der Waals surface area contributed by atoms with Gasteiger partial charge in [0.25, 0.3) is 0 Å². The number of benzene rings is 2. The molecule has 0 unspecified atom stereocenters. The minimum absolute atomic E-state index is 0.164. The van der Waals surface area contributed by atoms with E-state index in [2.05, 4.69) is 0 Å². The molecule has 0 aromatic heterocycles. The van der Waals surface area contributed by atoms with Gasteiger partial charge in [0, 0.05) is 17.3 Å². The van der Waals surface area contributed by atoms with E-state index in [1.165, 1.54) is 0 Å². The summed E-state index contributed by atoms with van der Waals surface area (Å²) in [6.07, 6.45) is 0. The van der Waals surface area contributed by atoms with Gasteiger partial charge in [-0.2, -0.15) is 0 Å². The highest BCUT2D eigenvalue weighted by molar-refractivity contribution is 6.42. The maximum Gasteiger partial charge on any atom is 0.323 e. The van der Waals surface area contributed by atoms with E-state index in [-0.39, 0.29) is 6.54 Å². The summed E-state index contributed by atoms with van der Waals surface area (Å²) < 4.78 is 0. The smallest absolute Gasteiger partial charge is 0.323 e. The van der Waals surface area contributed by atoms with Gasteiger partial charge in [-0.15, -0.1) is 0 Å². The Bertz CT molecular complexity index is 661. The third kappa shape index (κ3) is 4.27. The zero-order chi connectivity index (χ0) is 15.4. The number of carbonyl (C=O) groups is 1. The van der Waals surface area contributed by atoms with Crippen LogP contribution in [-0.4, -0.2) is 17.6 Å². The van der Waals surface area contributed by atoms with E-state index in [4.69, 9.17) is 39.9 Å². The van der Waals surface area contributed by atoms with E-state index < -0.39 is 5.97 Å². The first-order chi connectivity index (χ1) is 9.97. The van der Waals surface area contributed by atoms with E-state index in [1.807, 2.05) is 6.07 Å². The Morgan fingerprint density at radius 2 is 1.81 bits per heavy atom. The number of rotatable bonds is 5. The van der Waals surface area contributed by atoms with Crippen LogP contribution in [0.1, 0.15) is 5.56 Å². The molecule has 0 bridgehead atoms. The first-order valence-electron chi connectivity index (χ1n) is 6.12. The quantitative estimate of drug-likeness (QED) is 0.852. The first-order valence-corrected chi connectivity index (χ1v) is 7.26. The largest absolute Gasteiger partial charge is 0.480 e. The molecule has 0 saturated carbocycles. The topological polar surface area (TPSA) is 40.5 Å². The van der Waals surface area contributed by atoms with Gasteiger partial charge in [-0.25, -0.2) is 0 Å². The fraction of sp³-hybridized carbons (Fsp3) is 0.133. The average molecular weight is 345 g/mol. The number of hydrogen-bond donors (Lipinski definition) is 1. The summed E-state index contributed by atoms with van der Waals surface area (Å²) in [5.41, 5.74) is 1.46. The number of hydrogen-bond acceptors (Lipinski definition) is 2. The molecule has 0 aliphatic carbocycles. The van der Waals surface area contributed by atoms with Crippen LogP contribution in [0.4, 0.5) is 5.69 Å². The van der Waals surface area contributed by atoms with E-state index in [0.717, 1.165) is 5.56 Å². The molecule has 0 amide bonds. The van der Waals surface area contributed by atoms with Gasteiger partial charge in [-0.3, -0.25) is 4.79 Å². The van der Waals surface area contributed by atoms with Crippen LogP contribution in [-0.2, 0) is 11.3 Å². The summed E-state index contributed by atoms with van der Waals surface area (Å²) >= 11 is 18.1. The Hall–Kier alpha value is -1.42. The predicted molar refractivity (Wildman–Crippen MR) is 86.6 cm³/mol. The second-order valence-electron chi connectivity index (χ2n) is 4.44. The van der Waals surface area contributed by atoms with Crippen LogP contribution < -0.4 is 4.90 Å². The highest BCUT2D eigenvalue weighted by Gasteiger charge is 2.14. The number of nitrogens with zero attached hydrogens (tertiary/aromatic N) is 1. The molecule has 2 rings (SSSR count). The second-order valence-corrected chi connectivity index (χ2v) is 5.66. The van der Waals surface area contributed by atoms with Crippen LogP contribution in [0.15, 0.2) is 42.5 Å². The molecular weight excluding hydrogens is 333 g/mol. The van der Waals surface area contributed by atoms with Crippen LogP contribution >= 0.6 is 34.8 Å². The zero-order valence-electron chi connectivity index (χ0n) is 10.9. The van der Waals surface area contributed by atoms with E-state index in [0.29, 0.717) is 27.3 Å². The molecule has 0 fully saturated rings. The third-order valence-corrected chi connectivity index (χ3v) is 3.99. The summed E-state index contributed by atoms with van der Waals surface area (Å²) in [6.45, 7) is 0.162. The highest BCUT2D eigenvalue weighted by atomic mass is 35.5. The van der Waals surface area contributed by atoms with Gasteiger partial charge < -0.3 is 10.0 Å². The summed E-state index contributed by atoms with van der Waals surface area (Å²) in [4.78, 5) is 12.7. The fourth-order valence-electron chi connectivity index (χ4n) is 1.95. The minimum Gasteiger partial charge on any atom is -0.480 e. The van der Waals surface area contributed by atoms with Crippen molar-refractivity contribution in [1.29, 1.82) is 0 Å². The fourth-order valence-corrected chi connectivity index (χ4v) is 2.52. The Morgan fingerprint density at radius 1 is 1.10 bits per heavy atom. The van der Waals surface area contributed by atoms with Gasteiger partial charge in [-0.05, 0) is 29.8 Å². The molecule has 0 atom stereocenters. The Kier molecular flexibility index (Phi) is 5.34. The molecule has 110 valence electrons. The van der Waals surface area contributed by atoms with Crippen LogP contribution in [0.2, 0.25) is 15.1 Å². The molecule has 0 saturated heterocycles. The number of halogens is 3. The maximum absolute atomic E-state index is 11.1. The molecule has 0 aliphatic rings. The van der Waals surface area contributed by atoms with Crippen molar-refractivity contribution >= 4 is 46.5 Å². The van der Waals surface area contributed by atoms with Crippen LogP contribution in [0.5, 0.6) is 0 Å². The van der Waals surface area contributed by atoms with Gasteiger partial charge in [0.15, 0.2) is 0 Å². The lowest BCUT2D eigenvalue weighted by atomic mass is 10.2. The Morgan fingerprint density at radius 3 is 2.48 bits per heavy atom. The molecule has 2 aromatic carbocycles. The lowest BCUT2D eigenvalue weighted by molar-refractivity contribution is -0.135. The maximum atomic E-state index is 11.1. The van der Waals surface area contributed by atoms with Crippen molar-refractivity contribution in [3.8, 4) is 0 Å². The molecule has 6 heteroatoms. The number of aliphatic carboxylic acids is 1. The normalized spacial score (nSPS) is 10.4. The molecule has 0 heterocycles. The van der Waals surface area contributed by atoms with Crippen molar-refractivity contribution < 1.29 is 9.90 Å². The van der Waals surface area contributed by atoms with Crippen molar-refractivity contribution in [3.05, 3.63) is 63.1 Å². The SMILES string of the molecule is O=C(O)CN(Cc1cccc(Cl)c1Cl)c1cccc(Cl)c1. The first kappa shape index (κ1) is 16.0. The average Bonchev–Trinajstić information content (AvgIpc) is 2.42. The summed E-state index contributed by atoms with van der Waals surface area (Å²) in [6, 6.07) is 12.3. The van der Waals surface area contributed by atoms with Crippen LogP contribution in [0.25, 0.3) is 0 Å². The molecule has 2 aromatic rings. The molecular formula is C15H12Cl3NO2. The van der Waals surface area contributed by atoms with Crippen molar-refractivity contribution in [3.63, 3.8) is 0 Å². The van der Waals surface area contributed by atoms with Crippen LogP contribution in [0.3, 0.4) is 0 Å². The van der Waals surface area contributed by atoms with Gasteiger partial charge in [0.1, 0.15) is 6.54 Å². The Balaban J connectivity index is 2.32. The molecule has 0 aliphatic heterocycles. The molecule has 21 heavy (non-hydrogen) atoms. The van der Waals surface area contributed by atoms with Gasteiger partial charge in [0.2, 0.25) is 0 Å². The van der Waals surface area contributed by atoms with Gasteiger partial charge in [0.05, 0.1) is 10.0 Å². The van der Waals surface area contributed by atoms with Crippen LogP contribution in [0, 0.1) is 0 Å². The monoisotopic (exact) mass is 343 g/mol. The van der Waals surface area contributed by atoms with E-state index in [1.54, 1.807) is 41.3 Å². The lowest BCUT2D eigenvalue weighted by Gasteiger charge is -2.24. The van der Waals surface area contributed by atoms with Crippen molar-refractivity contribution in [2.45, 2.75) is 6.54 Å². The lowest BCUT2D eigenvalue weighted by Crippen LogP contribution is -2.29. The zero-order valence-corrected chi connectivity index (χ0v) is 13.2. The summed E-state index contributed by atoms with van der Waals surface area (Å²) in [7, 11) is 0. The van der Waals surface area contributed by atoms with E-state index in [9.17, 15) is 4.79 Å². The van der Waals surface area contributed by atoms with Gasteiger partial charge in [-0.1, -0.05) is 53.0 Å². The standard InChI is InChI=1S/C15H12Cl3NO2/c16-11-4-2-5-12(7-11)19(9-14(20)21)8-10-3-1-6-13(17)15(10)18/h1-7H,8-9H2,(H,20,21). The molecule has 0 spiro atoms. The minimum atomic E-state index is -0.937. The van der Waals surface area contributed by atoms with Crippen molar-refractivity contribution in [2.24, 2.45) is 0 Å². The molecule has 0 radical (unpaired) electrons. The number of anilines is 1. The summed E-state index contributed by atoms with van der Waals surface area (Å²) in [5.74, 6) is -0.937. The van der Waals surface area contributed by atoms with Crippen molar-refractivity contribution in [1.82, 2.24) is 0 Å². The summed E-state index contributed by atoms with van der Waals surface area (Å²) in [5, 5.41) is 10.5. The van der Waals surface area contributed by atoms with Gasteiger partial charge >= 0.3 is 5.97 Å². The third-order valence-electron chi connectivity index (χ3n) is 2.89. The number of carboxylic acids is 1. The molecule has 1 N–H and O–H groups in total. The van der Waals surface area contributed by atoms with Crippen molar-refractivity contribution in [2.75, 3.05) is 11.4 Å². The second kappa shape index (κ2) is 7.03. The number of carboxylic acid groups (broad SMARTS) is 1.